The molecule has 2 atom stereocenters. The van der Waals surface area contributed by atoms with Crippen LogP contribution in [0.1, 0.15) is 30.1 Å². The quantitative estimate of drug-likeness (QED) is 0.660. The van der Waals surface area contributed by atoms with E-state index >= 15 is 0 Å². The summed E-state index contributed by atoms with van der Waals surface area (Å²) in [6.45, 7) is 1.94. The van der Waals surface area contributed by atoms with Crippen LogP contribution in [0.25, 0.3) is 0 Å². The van der Waals surface area contributed by atoms with Crippen LogP contribution in [0.5, 0.6) is 0 Å². The highest BCUT2D eigenvalue weighted by atomic mass is 31.0. The summed E-state index contributed by atoms with van der Waals surface area (Å²) in [5, 5.41) is 0. The minimum Gasteiger partial charge on any atom is -0.166 e. The third-order valence-corrected chi connectivity index (χ3v) is 2.94. The van der Waals surface area contributed by atoms with Crippen LogP contribution in [0.15, 0.2) is 24.3 Å². The standard InChI is InChI=1S/C10H12F3P/c1-2-9(14)7-4-3-5-8(6-7)10(11,12)13/h3-6,9H,2,14H2,1H3. The van der Waals surface area contributed by atoms with E-state index in [1.54, 1.807) is 6.07 Å². The summed E-state index contributed by atoms with van der Waals surface area (Å²) < 4.78 is 37.0. The molecule has 0 amide bonds. The van der Waals surface area contributed by atoms with Gasteiger partial charge in [0.25, 0.3) is 0 Å². The fourth-order valence-corrected chi connectivity index (χ4v) is 1.39. The maximum atomic E-state index is 12.3. The molecule has 78 valence electrons. The molecule has 0 saturated carbocycles. The van der Waals surface area contributed by atoms with Gasteiger partial charge < -0.3 is 0 Å². The van der Waals surface area contributed by atoms with Crippen molar-refractivity contribution in [3.05, 3.63) is 35.4 Å². The maximum Gasteiger partial charge on any atom is 0.416 e. The lowest BCUT2D eigenvalue weighted by molar-refractivity contribution is -0.137. The smallest absolute Gasteiger partial charge is 0.166 e. The highest BCUT2D eigenvalue weighted by molar-refractivity contribution is 7.17. The van der Waals surface area contributed by atoms with Gasteiger partial charge >= 0.3 is 6.18 Å². The molecule has 1 aromatic rings. The van der Waals surface area contributed by atoms with Crippen molar-refractivity contribution in [3.63, 3.8) is 0 Å². The Kier molecular flexibility index (Phi) is 3.54. The van der Waals surface area contributed by atoms with Crippen molar-refractivity contribution in [1.29, 1.82) is 0 Å². The molecule has 0 spiro atoms. The van der Waals surface area contributed by atoms with Crippen LogP contribution < -0.4 is 0 Å². The molecule has 2 unspecified atom stereocenters. The van der Waals surface area contributed by atoms with Gasteiger partial charge in [0.1, 0.15) is 0 Å². The number of halogens is 3. The number of hydrogen-bond donors (Lipinski definition) is 0. The predicted molar refractivity (Wildman–Crippen MR) is 54.2 cm³/mol. The van der Waals surface area contributed by atoms with E-state index in [2.05, 4.69) is 9.24 Å². The zero-order valence-electron chi connectivity index (χ0n) is 7.81. The van der Waals surface area contributed by atoms with E-state index in [1.807, 2.05) is 6.92 Å². The Morgan fingerprint density at radius 1 is 1.36 bits per heavy atom. The lowest BCUT2D eigenvalue weighted by Crippen LogP contribution is -2.05. The minimum absolute atomic E-state index is 0.0947. The SMILES string of the molecule is CCC(P)c1cccc(C(F)(F)F)c1. The van der Waals surface area contributed by atoms with Crippen molar-refractivity contribution in [1.82, 2.24) is 0 Å². The van der Waals surface area contributed by atoms with Crippen LogP contribution >= 0.6 is 9.24 Å². The molecule has 0 saturated heterocycles. The molecule has 0 N–H and O–H groups in total. The fourth-order valence-electron chi connectivity index (χ4n) is 1.18. The Bertz CT molecular complexity index is 306. The summed E-state index contributed by atoms with van der Waals surface area (Å²) in [5.74, 6) is 0. The molecule has 0 heterocycles. The first-order valence-electron chi connectivity index (χ1n) is 4.38. The first-order valence-corrected chi connectivity index (χ1v) is 5.04. The lowest BCUT2D eigenvalue weighted by atomic mass is 10.1. The van der Waals surface area contributed by atoms with Crippen molar-refractivity contribution < 1.29 is 13.2 Å². The van der Waals surface area contributed by atoms with Crippen LogP contribution in [-0.4, -0.2) is 0 Å². The van der Waals surface area contributed by atoms with E-state index in [9.17, 15) is 13.2 Å². The van der Waals surface area contributed by atoms with Crippen LogP contribution in [0.2, 0.25) is 0 Å². The molecule has 0 fully saturated rings. The van der Waals surface area contributed by atoms with E-state index in [0.717, 1.165) is 12.5 Å². The molecule has 0 aromatic heterocycles. The van der Waals surface area contributed by atoms with Crippen molar-refractivity contribution in [2.75, 3.05) is 0 Å². The fraction of sp³-hybridized carbons (Fsp3) is 0.400. The topological polar surface area (TPSA) is 0 Å². The van der Waals surface area contributed by atoms with Crippen LogP contribution in [0, 0.1) is 0 Å². The lowest BCUT2D eigenvalue weighted by Gasteiger charge is -2.12. The molecule has 0 bridgehead atoms. The second-order valence-corrected chi connectivity index (χ2v) is 3.94. The Balaban J connectivity index is 3.01. The molecule has 1 rings (SSSR count). The largest absolute Gasteiger partial charge is 0.416 e. The summed E-state index contributed by atoms with van der Waals surface area (Å²) in [7, 11) is 2.54. The van der Waals surface area contributed by atoms with Gasteiger partial charge in [-0.3, -0.25) is 0 Å². The first kappa shape index (κ1) is 11.5. The first-order chi connectivity index (χ1) is 6.45. The highest BCUT2D eigenvalue weighted by Gasteiger charge is 2.30. The predicted octanol–water partition coefficient (Wildman–Crippen LogP) is 4.03. The number of alkyl halides is 3. The Morgan fingerprint density at radius 2 is 2.00 bits per heavy atom. The van der Waals surface area contributed by atoms with E-state index in [4.69, 9.17) is 0 Å². The zero-order chi connectivity index (χ0) is 10.8. The van der Waals surface area contributed by atoms with Crippen molar-refractivity contribution in [3.8, 4) is 0 Å². The van der Waals surface area contributed by atoms with Crippen molar-refractivity contribution >= 4 is 9.24 Å². The minimum atomic E-state index is -4.24. The van der Waals surface area contributed by atoms with Gasteiger partial charge in [-0.2, -0.15) is 13.2 Å². The molecule has 0 radical (unpaired) electrons. The van der Waals surface area contributed by atoms with Crippen molar-refractivity contribution in [2.24, 2.45) is 0 Å². The van der Waals surface area contributed by atoms with Crippen LogP contribution in [-0.2, 0) is 6.18 Å². The molecular weight excluding hydrogens is 208 g/mol. The summed E-state index contributed by atoms with van der Waals surface area (Å²) in [5.41, 5.74) is 0.237. The normalized spacial score (nSPS) is 14.1. The van der Waals surface area contributed by atoms with Gasteiger partial charge in [0.2, 0.25) is 0 Å². The zero-order valence-corrected chi connectivity index (χ0v) is 8.96. The van der Waals surface area contributed by atoms with E-state index in [-0.39, 0.29) is 5.66 Å². The number of hydrogen-bond acceptors (Lipinski definition) is 0. The highest BCUT2D eigenvalue weighted by Crippen LogP contribution is 2.33. The van der Waals surface area contributed by atoms with Gasteiger partial charge in [-0.25, -0.2) is 0 Å². The van der Waals surface area contributed by atoms with Gasteiger partial charge in [0.15, 0.2) is 0 Å². The van der Waals surface area contributed by atoms with E-state index in [1.165, 1.54) is 12.1 Å². The third-order valence-electron chi connectivity index (χ3n) is 2.08. The molecule has 14 heavy (non-hydrogen) atoms. The van der Waals surface area contributed by atoms with Gasteiger partial charge in [-0.1, -0.05) is 25.1 Å². The summed E-state index contributed by atoms with van der Waals surface area (Å²) in [6, 6.07) is 5.47. The van der Waals surface area contributed by atoms with Crippen LogP contribution in [0.4, 0.5) is 13.2 Å². The van der Waals surface area contributed by atoms with Gasteiger partial charge in [0, 0.05) is 0 Å². The Morgan fingerprint density at radius 3 is 2.50 bits per heavy atom. The second-order valence-electron chi connectivity index (χ2n) is 3.14. The third kappa shape index (κ3) is 2.71. The molecule has 1 aromatic carbocycles. The molecule has 0 nitrogen and oxygen atoms in total. The summed E-state index contributed by atoms with van der Waals surface area (Å²) in [4.78, 5) is 0. The second kappa shape index (κ2) is 4.31. The molecule has 0 aliphatic heterocycles. The monoisotopic (exact) mass is 220 g/mol. The molecular formula is C10H12F3P. The number of benzene rings is 1. The van der Waals surface area contributed by atoms with Gasteiger partial charge in [0.05, 0.1) is 5.56 Å². The van der Waals surface area contributed by atoms with E-state index < -0.39 is 11.7 Å². The van der Waals surface area contributed by atoms with Gasteiger partial charge in [-0.05, 0) is 23.7 Å². The summed E-state index contributed by atoms with van der Waals surface area (Å²) in [6.07, 6.45) is -3.43. The summed E-state index contributed by atoms with van der Waals surface area (Å²) >= 11 is 0. The Labute approximate surface area is 83.7 Å². The number of rotatable bonds is 2. The maximum absolute atomic E-state index is 12.3. The van der Waals surface area contributed by atoms with Crippen LogP contribution in [0.3, 0.4) is 0 Å². The molecule has 0 aliphatic rings. The van der Waals surface area contributed by atoms with Gasteiger partial charge in [-0.15, -0.1) is 9.24 Å². The molecule has 4 heteroatoms. The average molecular weight is 220 g/mol. The van der Waals surface area contributed by atoms with E-state index in [0.29, 0.717) is 5.56 Å². The van der Waals surface area contributed by atoms with Crippen molar-refractivity contribution in [2.45, 2.75) is 25.2 Å². The molecule has 0 aliphatic carbocycles. The Hall–Kier alpha value is -0.560. The average Bonchev–Trinajstić information content (AvgIpc) is 2.15.